The molecule has 0 bridgehead atoms. The highest BCUT2D eigenvalue weighted by molar-refractivity contribution is 5.81. The van der Waals surface area contributed by atoms with Crippen molar-refractivity contribution in [3.63, 3.8) is 0 Å². The van der Waals surface area contributed by atoms with Crippen LogP contribution in [0.4, 0.5) is 0 Å². The first kappa shape index (κ1) is 17.7. The van der Waals surface area contributed by atoms with Crippen molar-refractivity contribution in [3.8, 4) is 11.5 Å². The molecule has 128 valence electrons. The van der Waals surface area contributed by atoms with Crippen LogP contribution in [0, 0.1) is 5.41 Å². The minimum atomic E-state index is -0.485. The maximum atomic E-state index is 11.7. The minimum absolute atomic E-state index is 0.0848. The average molecular weight is 331 g/mol. The molecular formula is C17H21N3O4. The van der Waals surface area contributed by atoms with Crippen molar-refractivity contribution in [2.75, 3.05) is 6.54 Å². The number of hydrogen-bond acceptors (Lipinski definition) is 6. The first-order chi connectivity index (χ1) is 11.4. The van der Waals surface area contributed by atoms with Gasteiger partial charge in [0.25, 0.3) is 5.89 Å². The summed E-state index contributed by atoms with van der Waals surface area (Å²) in [6.07, 6.45) is 0.0848. The van der Waals surface area contributed by atoms with Gasteiger partial charge in [0.1, 0.15) is 0 Å². The van der Waals surface area contributed by atoms with Crippen LogP contribution in [0.2, 0.25) is 0 Å². The second-order valence-corrected chi connectivity index (χ2v) is 6.28. The van der Waals surface area contributed by atoms with Crippen LogP contribution in [0.5, 0.6) is 0 Å². The molecular weight excluding hydrogens is 310 g/mol. The first-order valence-corrected chi connectivity index (χ1v) is 7.68. The van der Waals surface area contributed by atoms with Gasteiger partial charge in [-0.1, -0.05) is 39.0 Å². The van der Waals surface area contributed by atoms with E-state index >= 15 is 0 Å². The molecule has 0 aliphatic rings. The summed E-state index contributed by atoms with van der Waals surface area (Å²) in [4.78, 5) is 23.3. The van der Waals surface area contributed by atoms with E-state index in [0.717, 1.165) is 5.56 Å². The molecule has 7 nitrogen and oxygen atoms in total. The van der Waals surface area contributed by atoms with E-state index in [9.17, 15) is 9.59 Å². The first-order valence-electron chi connectivity index (χ1n) is 7.68. The zero-order valence-corrected chi connectivity index (χ0v) is 14.0. The van der Waals surface area contributed by atoms with Gasteiger partial charge in [-0.25, -0.2) is 0 Å². The minimum Gasteiger partial charge on any atom is -0.456 e. The number of rotatable bonds is 6. The Balaban J connectivity index is 1.75. The summed E-state index contributed by atoms with van der Waals surface area (Å²) in [7, 11) is 0. The van der Waals surface area contributed by atoms with Gasteiger partial charge in [0, 0.05) is 17.5 Å². The molecule has 1 amide bonds. The van der Waals surface area contributed by atoms with Crippen molar-refractivity contribution >= 4 is 11.9 Å². The van der Waals surface area contributed by atoms with Crippen LogP contribution in [-0.2, 0) is 20.9 Å². The molecule has 0 aliphatic heterocycles. The smallest absolute Gasteiger partial charge is 0.308 e. The van der Waals surface area contributed by atoms with E-state index in [4.69, 9.17) is 9.15 Å². The number of amides is 1. The van der Waals surface area contributed by atoms with Crippen molar-refractivity contribution in [1.82, 2.24) is 15.5 Å². The molecule has 1 heterocycles. The second-order valence-electron chi connectivity index (χ2n) is 6.28. The Bertz CT molecular complexity index is 689. The summed E-state index contributed by atoms with van der Waals surface area (Å²) in [5, 5.41) is 10.4. The summed E-state index contributed by atoms with van der Waals surface area (Å²) >= 11 is 0. The van der Waals surface area contributed by atoms with Crippen molar-refractivity contribution in [1.29, 1.82) is 0 Å². The number of nitrogens with zero attached hydrogens (tertiary/aromatic N) is 2. The van der Waals surface area contributed by atoms with Crippen LogP contribution in [0.15, 0.2) is 34.7 Å². The standard InChI is InChI=1S/C17H21N3O4/c1-17(2,3)16(22)18-10-9-14(21)23-11-13-19-20-15(24-13)12-7-5-4-6-8-12/h4-8H,9-11H2,1-3H3,(H,18,22). The number of ether oxygens (including phenoxy) is 1. The number of benzene rings is 1. The van der Waals surface area contributed by atoms with Gasteiger partial charge in [0.2, 0.25) is 11.8 Å². The second kappa shape index (κ2) is 7.72. The molecule has 2 aromatic rings. The number of hydrogen-bond donors (Lipinski definition) is 1. The number of carbonyl (C=O) groups is 2. The molecule has 0 atom stereocenters. The lowest BCUT2D eigenvalue weighted by atomic mass is 9.96. The monoisotopic (exact) mass is 331 g/mol. The maximum Gasteiger partial charge on any atom is 0.308 e. The zero-order chi connectivity index (χ0) is 17.6. The van der Waals surface area contributed by atoms with Crippen LogP contribution in [-0.4, -0.2) is 28.6 Å². The Morgan fingerprint density at radius 1 is 1.17 bits per heavy atom. The van der Waals surface area contributed by atoms with Gasteiger partial charge in [0.05, 0.1) is 6.42 Å². The SMILES string of the molecule is CC(C)(C)C(=O)NCCC(=O)OCc1nnc(-c2ccccc2)o1. The fourth-order valence-electron chi connectivity index (χ4n) is 1.77. The van der Waals surface area contributed by atoms with Crippen LogP contribution < -0.4 is 5.32 Å². The highest BCUT2D eigenvalue weighted by Crippen LogP contribution is 2.17. The van der Waals surface area contributed by atoms with Gasteiger partial charge in [-0.2, -0.15) is 0 Å². The molecule has 1 aromatic carbocycles. The largest absolute Gasteiger partial charge is 0.456 e. The Hall–Kier alpha value is -2.70. The van der Waals surface area contributed by atoms with Crippen LogP contribution >= 0.6 is 0 Å². The van der Waals surface area contributed by atoms with Crippen LogP contribution in [0.25, 0.3) is 11.5 Å². The van der Waals surface area contributed by atoms with Crippen LogP contribution in [0.1, 0.15) is 33.1 Å². The molecule has 1 N–H and O–H groups in total. The third kappa shape index (κ3) is 5.19. The molecule has 2 rings (SSSR count). The summed E-state index contributed by atoms with van der Waals surface area (Å²) in [5.74, 6) is 0.0448. The molecule has 0 saturated carbocycles. The molecule has 1 aromatic heterocycles. The number of aromatic nitrogens is 2. The van der Waals surface area contributed by atoms with Crippen molar-refractivity contribution in [3.05, 3.63) is 36.2 Å². The molecule has 0 saturated heterocycles. The van der Waals surface area contributed by atoms with Gasteiger partial charge < -0.3 is 14.5 Å². The molecule has 0 aliphatic carbocycles. The van der Waals surface area contributed by atoms with Gasteiger partial charge in [-0.3, -0.25) is 9.59 Å². The predicted molar refractivity (Wildman–Crippen MR) is 86.6 cm³/mol. The Kier molecular flexibility index (Phi) is 5.68. The fourth-order valence-corrected chi connectivity index (χ4v) is 1.77. The van der Waals surface area contributed by atoms with Gasteiger partial charge in [-0.05, 0) is 12.1 Å². The number of carbonyl (C=O) groups excluding carboxylic acids is 2. The molecule has 0 fully saturated rings. The zero-order valence-electron chi connectivity index (χ0n) is 14.0. The van der Waals surface area contributed by atoms with Crippen molar-refractivity contribution in [2.24, 2.45) is 5.41 Å². The fraction of sp³-hybridized carbons (Fsp3) is 0.412. The normalized spacial score (nSPS) is 11.1. The lowest BCUT2D eigenvalue weighted by molar-refractivity contribution is -0.145. The summed E-state index contributed by atoms with van der Waals surface area (Å²) in [6, 6.07) is 9.32. The average Bonchev–Trinajstić information content (AvgIpc) is 3.02. The molecule has 0 spiro atoms. The molecule has 0 unspecified atom stereocenters. The highest BCUT2D eigenvalue weighted by atomic mass is 16.5. The summed E-state index contributed by atoms with van der Waals surface area (Å²) < 4.78 is 10.5. The van der Waals surface area contributed by atoms with E-state index in [1.165, 1.54) is 0 Å². The topological polar surface area (TPSA) is 94.3 Å². The van der Waals surface area contributed by atoms with E-state index in [2.05, 4.69) is 15.5 Å². The van der Waals surface area contributed by atoms with Gasteiger partial charge in [0.15, 0.2) is 6.61 Å². The van der Waals surface area contributed by atoms with E-state index < -0.39 is 11.4 Å². The predicted octanol–water partition coefficient (Wildman–Crippen LogP) is 2.33. The van der Waals surface area contributed by atoms with Crippen LogP contribution in [0.3, 0.4) is 0 Å². The molecule has 7 heteroatoms. The molecule has 24 heavy (non-hydrogen) atoms. The Morgan fingerprint density at radius 2 is 1.88 bits per heavy atom. The molecule has 0 radical (unpaired) electrons. The Morgan fingerprint density at radius 3 is 2.54 bits per heavy atom. The number of esters is 1. The number of nitrogens with one attached hydrogen (secondary N) is 1. The lowest BCUT2D eigenvalue weighted by Crippen LogP contribution is -2.36. The van der Waals surface area contributed by atoms with E-state index in [-0.39, 0.29) is 31.4 Å². The van der Waals surface area contributed by atoms with E-state index in [1.807, 2.05) is 30.3 Å². The highest BCUT2D eigenvalue weighted by Gasteiger charge is 2.20. The third-order valence-electron chi connectivity index (χ3n) is 3.14. The Labute approximate surface area is 140 Å². The van der Waals surface area contributed by atoms with Crippen molar-refractivity contribution < 1.29 is 18.7 Å². The van der Waals surface area contributed by atoms with Crippen molar-refractivity contribution in [2.45, 2.75) is 33.8 Å². The van der Waals surface area contributed by atoms with Gasteiger partial charge in [-0.15, -0.1) is 10.2 Å². The lowest BCUT2D eigenvalue weighted by Gasteiger charge is -2.17. The summed E-state index contributed by atoms with van der Waals surface area (Å²) in [5.41, 5.74) is 0.314. The van der Waals surface area contributed by atoms with Gasteiger partial charge >= 0.3 is 5.97 Å². The maximum absolute atomic E-state index is 11.7. The summed E-state index contributed by atoms with van der Waals surface area (Å²) in [6.45, 7) is 5.56. The quantitative estimate of drug-likeness (QED) is 0.816. The van der Waals surface area contributed by atoms with E-state index in [0.29, 0.717) is 5.89 Å². The third-order valence-corrected chi connectivity index (χ3v) is 3.14. The van der Waals surface area contributed by atoms with E-state index in [1.54, 1.807) is 20.8 Å².